The van der Waals surface area contributed by atoms with Crippen LogP contribution in [0.4, 0.5) is 5.82 Å². The molecule has 7 heteroatoms. The predicted octanol–water partition coefficient (Wildman–Crippen LogP) is 1.72. The zero-order chi connectivity index (χ0) is 12.8. The molecule has 3 rings (SSSR count). The van der Waals surface area contributed by atoms with Crippen LogP contribution in [0.1, 0.15) is 5.82 Å². The van der Waals surface area contributed by atoms with Gasteiger partial charge in [0.05, 0.1) is 17.2 Å². The monoisotopic (exact) mass is 281 g/mol. The van der Waals surface area contributed by atoms with E-state index < -0.39 is 9.84 Å². The molecule has 1 atom stereocenters. The Hall–Kier alpha value is -1.47. The summed E-state index contributed by atoms with van der Waals surface area (Å²) in [7, 11) is -3.05. The van der Waals surface area contributed by atoms with Crippen LogP contribution in [-0.4, -0.2) is 30.2 Å². The summed E-state index contributed by atoms with van der Waals surface area (Å²) in [6, 6.07) is 1.72. The molecule has 0 saturated heterocycles. The first-order valence-electron chi connectivity index (χ1n) is 5.43. The van der Waals surface area contributed by atoms with Crippen molar-refractivity contribution in [1.82, 2.24) is 9.97 Å². The molecule has 0 spiro atoms. The van der Waals surface area contributed by atoms with Crippen molar-refractivity contribution < 1.29 is 8.42 Å². The predicted molar refractivity (Wildman–Crippen MR) is 72.5 cm³/mol. The first-order valence-corrected chi connectivity index (χ1v) is 8.02. The maximum absolute atomic E-state index is 11.4. The summed E-state index contributed by atoms with van der Waals surface area (Å²) in [5.41, 5.74) is 0. The maximum atomic E-state index is 11.4. The summed E-state index contributed by atoms with van der Waals surface area (Å²) in [4.78, 5) is 9.58. The Morgan fingerprint density at radius 3 is 3.00 bits per heavy atom. The van der Waals surface area contributed by atoms with Crippen molar-refractivity contribution in [2.45, 2.75) is 13.0 Å². The number of nitrogens with zero attached hydrogens (tertiary/aromatic N) is 2. The molecule has 0 bridgehead atoms. The van der Waals surface area contributed by atoms with Gasteiger partial charge in [0.1, 0.15) is 16.5 Å². The van der Waals surface area contributed by atoms with Crippen LogP contribution >= 0.6 is 11.3 Å². The molecule has 0 aromatic carbocycles. The molecule has 0 radical (unpaired) electrons. The van der Waals surface area contributed by atoms with Crippen molar-refractivity contribution in [3.63, 3.8) is 0 Å². The van der Waals surface area contributed by atoms with Gasteiger partial charge in [0.15, 0.2) is 9.84 Å². The van der Waals surface area contributed by atoms with Gasteiger partial charge < -0.3 is 5.32 Å². The highest BCUT2D eigenvalue weighted by Gasteiger charge is 2.22. The number of thiophene rings is 1. The Morgan fingerprint density at radius 2 is 2.28 bits per heavy atom. The van der Waals surface area contributed by atoms with Gasteiger partial charge in [-0.3, -0.25) is 0 Å². The van der Waals surface area contributed by atoms with Crippen molar-refractivity contribution in [3.05, 3.63) is 28.8 Å². The summed E-state index contributed by atoms with van der Waals surface area (Å²) in [5.74, 6) is 1.46. The second-order valence-electron chi connectivity index (χ2n) is 4.17. The minimum Gasteiger partial charge on any atom is -0.362 e. The summed E-state index contributed by atoms with van der Waals surface area (Å²) >= 11 is 1.55. The standard InChI is InChI=1S/C11H11N3O2S2/c1-7-12-10(9-2-4-17-11(9)13-7)14-8-3-5-18(15,16)6-8/h2-5,8H,6H2,1H3,(H,12,13,14)/t8-/m1/s1. The lowest BCUT2D eigenvalue weighted by molar-refractivity contribution is 0.605. The van der Waals surface area contributed by atoms with Crippen molar-refractivity contribution in [1.29, 1.82) is 0 Å². The zero-order valence-electron chi connectivity index (χ0n) is 9.62. The van der Waals surface area contributed by atoms with E-state index in [1.54, 1.807) is 17.4 Å². The lowest BCUT2D eigenvalue weighted by Crippen LogP contribution is -2.21. The van der Waals surface area contributed by atoms with E-state index in [0.29, 0.717) is 11.6 Å². The third-order valence-electron chi connectivity index (χ3n) is 2.69. The van der Waals surface area contributed by atoms with Crippen molar-refractivity contribution in [2.24, 2.45) is 0 Å². The Labute approximate surface area is 108 Å². The van der Waals surface area contributed by atoms with E-state index in [-0.39, 0.29) is 11.8 Å². The van der Waals surface area contributed by atoms with Gasteiger partial charge in [0.25, 0.3) is 0 Å². The van der Waals surface area contributed by atoms with Crippen LogP contribution in [0.3, 0.4) is 0 Å². The van der Waals surface area contributed by atoms with E-state index in [2.05, 4.69) is 15.3 Å². The highest BCUT2D eigenvalue weighted by Crippen LogP contribution is 2.26. The van der Waals surface area contributed by atoms with Crippen molar-refractivity contribution >= 4 is 37.2 Å². The van der Waals surface area contributed by atoms with Crippen LogP contribution in [0.25, 0.3) is 10.2 Å². The maximum Gasteiger partial charge on any atom is 0.173 e. The molecule has 1 N–H and O–H groups in total. The van der Waals surface area contributed by atoms with Crippen molar-refractivity contribution in [2.75, 3.05) is 11.1 Å². The van der Waals surface area contributed by atoms with Crippen LogP contribution in [0.5, 0.6) is 0 Å². The Kier molecular flexibility index (Phi) is 2.60. The number of rotatable bonds is 2. The molecule has 0 unspecified atom stereocenters. The zero-order valence-corrected chi connectivity index (χ0v) is 11.3. The highest BCUT2D eigenvalue weighted by molar-refractivity contribution is 7.94. The molecule has 1 aliphatic heterocycles. The summed E-state index contributed by atoms with van der Waals surface area (Å²) < 4.78 is 22.7. The number of nitrogens with one attached hydrogen (secondary N) is 1. The molecule has 0 aliphatic carbocycles. The topological polar surface area (TPSA) is 72.0 Å². The molecule has 0 fully saturated rings. The van der Waals surface area contributed by atoms with Gasteiger partial charge in [-0.15, -0.1) is 11.3 Å². The summed E-state index contributed by atoms with van der Waals surface area (Å²) in [6.07, 6.45) is 1.66. The lowest BCUT2D eigenvalue weighted by Gasteiger charge is -2.11. The van der Waals surface area contributed by atoms with Crippen LogP contribution in [0, 0.1) is 6.92 Å². The molecular formula is C11H11N3O2S2. The van der Waals surface area contributed by atoms with E-state index in [9.17, 15) is 8.42 Å². The molecule has 0 saturated carbocycles. The molecule has 94 valence electrons. The molecular weight excluding hydrogens is 270 g/mol. The first kappa shape index (κ1) is 11.6. The van der Waals surface area contributed by atoms with Crippen LogP contribution in [-0.2, 0) is 9.84 Å². The largest absolute Gasteiger partial charge is 0.362 e. The lowest BCUT2D eigenvalue weighted by atomic mass is 10.3. The van der Waals surface area contributed by atoms with E-state index >= 15 is 0 Å². The normalized spacial score (nSPS) is 21.5. The fourth-order valence-electron chi connectivity index (χ4n) is 1.91. The average molecular weight is 281 g/mol. The Balaban J connectivity index is 1.96. The Bertz CT molecular complexity index is 734. The first-order chi connectivity index (χ1) is 8.53. The molecule has 5 nitrogen and oxygen atoms in total. The highest BCUT2D eigenvalue weighted by atomic mass is 32.2. The summed E-state index contributed by atoms with van der Waals surface area (Å²) in [5, 5.41) is 7.29. The number of sulfone groups is 1. The van der Waals surface area contributed by atoms with Crippen LogP contribution in [0.2, 0.25) is 0 Å². The smallest absolute Gasteiger partial charge is 0.173 e. The molecule has 3 heterocycles. The van der Waals surface area contributed by atoms with E-state index in [0.717, 1.165) is 10.2 Å². The molecule has 0 amide bonds. The second-order valence-corrected chi connectivity index (χ2v) is 6.99. The third kappa shape index (κ3) is 2.11. The average Bonchev–Trinajstić information content (AvgIpc) is 2.84. The quantitative estimate of drug-likeness (QED) is 0.907. The van der Waals surface area contributed by atoms with Crippen molar-refractivity contribution in [3.8, 4) is 0 Å². The fraction of sp³-hybridized carbons (Fsp3) is 0.273. The van der Waals surface area contributed by atoms with Gasteiger partial charge in [-0.2, -0.15) is 0 Å². The second kappa shape index (κ2) is 4.03. The number of anilines is 1. The minimum absolute atomic E-state index is 0.0850. The van der Waals surface area contributed by atoms with Gasteiger partial charge in [-0.05, 0) is 24.4 Å². The number of aromatic nitrogens is 2. The molecule has 18 heavy (non-hydrogen) atoms. The summed E-state index contributed by atoms with van der Waals surface area (Å²) in [6.45, 7) is 1.82. The van der Waals surface area contributed by atoms with E-state index in [1.807, 2.05) is 18.4 Å². The number of aryl methyl sites for hydroxylation is 1. The number of fused-ring (bicyclic) bond motifs is 1. The molecule has 2 aromatic rings. The molecule has 2 aromatic heterocycles. The number of hydrogen-bond acceptors (Lipinski definition) is 6. The van der Waals surface area contributed by atoms with Crippen LogP contribution < -0.4 is 5.32 Å². The van der Waals surface area contributed by atoms with Crippen LogP contribution in [0.15, 0.2) is 22.9 Å². The van der Waals surface area contributed by atoms with Gasteiger partial charge in [-0.25, -0.2) is 18.4 Å². The Morgan fingerprint density at radius 1 is 1.44 bits per heavy atom. The van der Waals surface area contributed by atoms with E-state index in [4.69, 9.17) is 0 Å². The minimum atomic E-state index is -3.05. The fourth-order valence-corrected chi connectivity index (χ4v) is 3.96. The van der Waals surface area contributed by atoms with Gasteiger partial charge in [0, 0.05) is 5.41 Å². The van der Waals surface area contributed by atoms with E-state index in [1.165, 1.54) is 5.41 Å². The molecule has 1 aliphatic rings. The van der Waals surface area contributed by atoms with Gasteiger partial charge in [-0.1, -0.05) is 0 Å². The van der Waals surface area contributed by atoms with Gasteiger partial charge in [0.2, 0.25) is 0 Å². The third-order valence-corrected chi connectivity index (χ3v) is 4.89. The SMILES string of the molecule is Cc1nc(N[C@@H]2C=CS(=O)(=O)C2)c2ccsc2n1. The van der Waals surface area contributed by atoms with Gasteiger partial charge >= 0.3 is 0 Å². The number of hydrogen-bond donors (Lipinski definition) is 1.